The molecule has 0 radical (unpaired) electrons. The number of hydroxylamine groups is 2. The zero-order valence-electron chi connectivity index (χ0n) is 12.0. The third-order valence-electron chi connectivity index (χ3n) is 2.18. The van der Waals surface area contributed by atoms with Crippen molar-refractivity contribution in [1.29, 1.82) is 0 Å². The normalized spacial score (nSPS) is 14.6. The van der Waals surface area contributed by atoms with Crippen LogP contribution in [-0.4, -0.2) is 41.6 Å². The first-order valence-electron chi connectivity index (χ1n) is 5.81. The second kappa shape index (κ2) is 5.69. The number of amides is 1. The lowest BCUT2D eigenvalue weighted by Crippen LogP contribution is -2.50. The topological polar surface area (TPSA) is 61.8 Å². The summed E-state index contributed by atoms with van der Waals surface area (Å²) >= 11 is 0. The summed E-state index contributed by atoms with van der Waals surface area (Å²) in [5, 5.41) is 13.1. The minimum absolute atomic E-state index is 0.159. The summed E-state index contributed by atoms with van der Waals surface area (Å²) in [4.78, 5) is 11.7. The maximum absolute atomic E-state index is 11.7. The molecule has 0 aromatic heterocycles. The van der Waals surface area contributed by atoms with Crippen LogP contribution in [0.25, 0.3) is 0 Å². The van der Waals surface area contributed by atoms with Gasteiger partial charge in [0, 0.05) is 13.6 Å². The summed E-state index contributed by atoms with van der Waals surface area (Å²) < 4.78 is 5.19. The molecule has 1 atom stereocenters. The highest BCUT2D eigenvalue weighted by Gasteiger charge is 2.29. The lowest BCUT2D eigenvalue weighted by atomic mass is 9.87. The lowest BCUT2D eigenvalue weighted by Gasteiger charge is -2.33. The molecule has 0 saturated heterocycles. The maximum Gasteiger partial charge on any atom is 0.407 e. The first-order chi connectivity index (χ1) is 7.42. The van der Waals surface area contributed by atoms with Gasteiger partial charge in [-0.1, -0.05) is 20.8 Å². The van der Waals surface area contributed by atoms with Gasteiger partial charge in [-0.05, 0) is 26.2 Å². The van der Waals surface area contributed by atoms with E-state index in [2.05, 4.69) is 5.32 Å². The highest BCUT2D eigenvalue weighted by Crippen LogP contribution is 2.20. The number of alkyl carbamates (subject to hydrolysis) is 1. The highest BCUT2D eigenvalue weighted by molar-refractivity contribution is 5.68. The molecule has 0 aliphatic rings. The van der Waals surface area contributed by atoms with E-state index in [1.54, 1.807) is 7.05 Å². The summed E-state index contributed by atoms with van der Waals surface area (Å²) in [5.74, 6) is 0. The lowest BCUT2D eigenvalue weighted by molar-refractivity contribution is -0.0792. The maximum atomic E-state index is 11.7. The molecule has 5 nitrogen and oxygen atoms in total. The Kier molecular flexibility index (Phi) is 5.42. The molecule has 0 bridgehead atoms. The van der Waals surface area contributed by atoms with Crippen molar-refractivity contribution >= 4 is 6.09 Å². The van der Waals surface area contributed by atoms with E-state index in [0.717, 1.165) is 5.06 Å². The van der Waals surface area contributed by atoms with E-state index < -0.39 is 11.7 Å². The quantitative estimate of drug-likeness (QED) is 0.750. The van der Waals surface area contributed by atoms with Crippen molar-refractivity contribution in [3.8, 4) is 0 Å². The van der Waals surface area contributed by atoms with Gasteiger partial charge in [0.05, 0.1) is 6.04 Å². The molecular formula is C12H26N2O3. The number of carbonyl (C=O) groups excluding carboxylic acids is 1. The smallest absolute Gasteiger partial charge is 0.407 e. The van der Waals surface area contributed by atoms with E-state index in [0.29, 0.717) is 6.54 Å². The first kappa shape index (κ1) is 16.2. The van der Waals surface area contributed by atoms with Gasteiger partial charge in [0.25, 0.3) is 0 Å². The molecule has 0 saturated carbocycles. The molecule has 5 heteroatoms. The van der Waals surface area contributed by atoms with E-state index in [9.17, 15) is 10.0 Å². The standard InChI is InChI=1S/C12H26N2O3/c1-11(2,3)9(8-14(7)16)13-10(15)17-12(4,5)6/h9,16H,8H2,1-7H3,(H,13,15). The molecule has 0 aliphatic carbocycles. The fraction of sp³-hybridized carbons (Fsp3) is 0.917. The first-order valence-corrected chi connectivity index (χ1v) is 5.81. The van der Waals surface area contributed by atoms with Crippen molar-refractivity contribution in [2.24, 2.45) is 5.41 Å². The van der Waals surface area contributed by atoms with E-state index in [-0.39, 0.29) is 11.5 Å². The molecule has 102 valence electrons. The van der Waals surface area contributed by atoms with Crippen LogP contribution < -0.4 is 5.32 Å². The predicted molar refractivity (Wildman–Crippen MR) is 67.0 cm³/mol. The van der Waals surface area contributed by atoms with Crippen LogP contribution in [0.3, 0.4) is 0 Å². The van der Waals surface area contributed by atoms with Crippen LogP contribution in [0.2, 0.25) is 0 Å². The monoisotopic (exact) mass is 246 g/mol. The Morgan fingerprint density at radius 3 is 2.06 bits per heavy atom. The number of nitrogens with one attached hydrogen (secondary N) is 1. The van der Waals surface area contributed by atoms with Crippen LogP contribution in [0.4, 0.5) is 4.79 Å². The third kappa shape index (κ3) is 7.99. The molecule has 17 heavy (non-hydrogen) atoms. The van der Waals surface area contributed by atoms with Crippen LogP contribution in [0, 0.1) is 5.41 Å². The van der Waals surface area contributed by atoms with Crippen molar-refractivity contribution in [2.45, 2.75) is 53.2 Å². The number of likely N-dealkylation sites (N-methyl/N-ethyl adjacent to an activating group) is 1. The average molecular weight is 246 g/mol. The Morgan fingerprint density at radius 1 is 1.29 bits per heavy atom. The zero-order valence-corrected chi connectivity index (χ0v) is 12.0. The Balaban J connectivity index is 4.50. The van der Waals surface area contributed by atoms with Gasteiger partial charge in [-0.2, -0.15) is 5.06 Å². The van der Waals surface area contributed by atoms with E-state index in [4.69, 9.17) is 4.74 Å². The number of hydrogen-bond acceptors (Lipinski definition) is 4. The number of nitrogens with zero attached hydrogens (tertiary/aromatic N) is 1. The summed E-state index contributed by atoms with van der Waals surface area (Å²) in [5.41, 5.74) is -0.675. The summed E-state index contributed by atoms with van der Waals surface area (Å²) in [6.07, 6.45) is -0.459. The van der Waals surface area contributed by atoms with E-state index in [1.165, 1.54) is 0 Å². The van der Waals surface area contributed by atoms with Crippen LogP contribution in [-0.2, 0) is 4.74 Å². The molecule has 1 unspecified atom stereocenters. The molecule has 0 aromatic rings. The van der Waals surface area contributed by atoms with Gasteiger partial charge < -0.3 is 15.3 Å². The fourth-order valence-electron chi connectivity index (χ4n) is 1.25. The highest BCUT2D eigenvalue weighted by atomic mass is 16.6. The largest absolute Gasteiger partial charge is 0.444 e. The van der Waals surface area contributed by atoms with Gasteiger partial charge in [0.15, 0.2) is 0 Å². The summed E-state index contributed by atoms with van der Waals surface area (Å²) in [6.45, 7) is 11.8. The van der Waals surface area contributed by atoms with Crippen LogP contribution in [0.5, 0.6) is 0 Å². The molecule has 0 rings (SSSR count). The van der Waals surface area contributed by atoms with Gasteiger partial charge >= 0.3 is 6.09 Å². The fourth-order valence-corrected chi connectivity index (χ4v) is 1.25. The van der Waals surface area contributed by atoms with Crippen LogP contribution >= 0.6 is 0 Å². The molecular weight excluding hydrogens is 220 g/mol. The van der Waals surface area contributed by atoms with Crippen molar-refractivity contribution in [3.05, 3.63) is 0 Å². The van der Waals surface area contributed by atoms with Gasteiger partial charge in [0.1, 0.15) is 5.60 Å². The zero-order chi connectivity index (χ0) is 13.9. The molecule has 2 N–H and O–H groups in total. The summed E-state index contributed by atoms with van der Waals surface area (Å²) in [7, 11) is 1.55. The number of carbonyl (C=O) groups is 1. The predicted octanol–water partition coefficient (Wildman–Crippen LogP) is 2.25. The van der Waals surface area contributed by atoms with Crippen molar-refractivity contribution in [1.82, 2.24) is 10.4 Å². The van der Waals surface area contributed by atoms with Gasteiger partial charge in [-0.25, -0.2) is 4.79 Å². The second-order valence-corrected chi connectivity index (χ2v) is 6.41. The van der Waals surface area contributed by atoms with Crippen molar-refractivity contribution in [2.75, 3.05) is 13.6 Å². The minimum Gasteiger partial charge on any atom is -0.444 e. The van der Waals surface area contributed by atoms with Crippen molar-refractivity contribution < 1.29 is 14.7 Å². The number of hydrogen-bond donors (Lipinski definition) is 2. The molecule has 1 amide bonds. The number of rotatable bonds is 3. The Labute approximate surface area is 104 Å². The Hall–Kier alpha value is -0.810. The van der Waals surface area contributed by atoms with Crippen LogP contribution in [0.15, 0.2) is 0 Å². The van der Waals surface area contributed by atoms with Gasteiger partial charge in [0.2, 0.25) is 0 Å². The van der Waals surface area contributed by atoms with E-state index in [1.807, 2.05) is 41.5 Å². The second-order valence-electron chi connectivity index (χ2n) is 6.41. The van der Waals surface area contributed by atoms with Crippen LogP contribution in [0.1, 0.15) is 41.5 Å². The van der Waals surface area contributed by atoms with E-state index >= 15 is 0 Å². The van der Waals surface area contributed by atoms with Gasteiger partial charge in [-0.3, -0.25) is 0 Å². The molecule has 0 fully saturated rings. The average Bonchev–Trinajstić information content (AvgIpc) is 1.95. The SMILES string of the molecule is CN(O)CC(NC(=O)OC(C)(C)C)C(C)(C)C. The van der Waals surface area contributed by atoms with Gasteiger partial charge in [-0.15, -0.1) is 0 Å². The molecule has 0 heterocycles. The molecule has 0 spiro atoms. The Morgan fingerprint density at radius 2 is 1.76 bits per heavy atom. The third-order valence-corrected chi connectivity index (χ3v) is 2.18. The molecule has 0 aliphatic heterocycles. The van der Waals surface area contributed by atoms with Crippen molar-refractivity contribution in [3.63, 3.8) is 0 Å². The number of ether oxygens (including phenoxy) is 1. The minimum atomic E-state index is -0.516. The summed E-state index contributed by atoms with van der Waals surface area (Å²) in [6, 6.07) is -0.188. The molecule has 0 aromatic carbocycles. The Bertz CT molecular complexity index is 251.